The van der Waals surface area contributed by atoms with Crippen LogP contribution in [0.3, 0.4) is 0 Å². The zero-order valence-corrected chi connectivity index (χ0v) is 22.3. The second-order valence-corrected chi connectivity index (χ2v) is 9.70. The maximum absolute atomic E-state index is 6.17. The first kappa shape index (κ1) is 25.7. The molecule has 0 spiro atoms. The Balaban J connectivity index is 1.45. The normalized spacial score (nSPS) is 14.4. The van der Waals surface area contributed by atoms with Gasteiger partial charge >= 0.3 is 0 Å². The van der Waals surface area contributed by atoms with Crippen LogP contribution in [0, 0.1) is 6.92 Å². The number of nitrogens with two attached hydrogens (primary N) is 1. The zero-order chi connectivity index (χ0) is 26.5. The van der Waals surface area contributed by atoms with Crippen LogP contribution in [-0.4, -0.2) is 73.2 Å². The predicted octanol–water partition coefficient (Wildman–Crippen LogP) is 4.30. The van der Waals surface area contributed by atoms with Crippen LogP contribution >= 0.6 is 0 Å². The summed E-state index contributed by atoms with van der Waals surface area (Å²) in [5.74, 6) is 7.81. The van der Waals surface area contributed by atoms with E-state index in [9.17, 15) is 0 Å². The molecule has 0 bridgehead atoms. The number of fused-ring (bicyclic) bond motifs is 1. The Kier molecular flexibility index (Phi) is 7.88. The third-order valence-corrected chi connectivity index (χ3v) is 6.99. The van der Waals surface area contributed by atoms with Crippen molar-refractivity contribution in [3.63, 3.8) is 0 Å². The first-order chi connectivity index (χ1) is 18.5. The SMILES string of the molecule is CNc1cccc(-c2nc(Nc3ccc(NN)c(C)c3)c3cc(OCCN4CCN(C)CC4)ccc3n2)c1. The van der Waals surface area contributed by atoms with Crippen molar-refractivity contribution in [2.45, 2.75) is 6.92 Å². The highest BCUT2D eigenvalue weighted by Gasteiger charge is 2.15. The van der Waals surface area contributed by atoms with E-state index in [1.807, 2.05) is 74.6 Å². The van der Waals surface area contributed by atoms with E-state index in [0.29, 0.717) is 12.4 Å². The molecule has 4 aromatic rings. The number of nitrogens with zero attached hydrogens (tertiary/aromatic N) is 4. The van der Waals surface area contributed by atoms with Gasteiger partial charge in [-0.3, -0.25) is 10.7 Å². The van der Waals surface area contributed by atoms with E-state index in [1.54, 1.807) is 0 Å². The number of rotatable bonds is 9. The Morgan fingerprint density at radius 1 is 0.947 bits per heavy atom. The van der Waals surface area contributed by atoms with Gasteiger partial charge < -0.3 is 25.7 Å². The van der Waals surface area contributed by atoms with Gasteiger partial charge in [0.2, 0.25) is 0 Å². The maximum Gasteiger partial charge on any atom is 0.162 e. The van der Waals surface area contributed by atoms with Crippen LogP contribution in [0.1, 0.15) is 5.56 Å². The molecular formula is C29H36N8O. The van der Waals surface area contributed by atoms with E-state index in [2.05, 4.69) is 32.9 Å². The summed E-state index contributed by atoms with van der Waals surface area (Å²) in [5, 5.41) is 7.60. The molecular weight excluding hydrogens is 476 g/mol. The lowest BCUT2D eigenvalue weighted by atomic mass is 10.1. The lowest BCUT2D eigenvalue weighted by Gasteiger charge is -2.32. The number of ether oxygens (including phenoxy) is 1. The average molecular weight is 513 g/mol. The molecule has 2 heterocycles. The highest BCUT2D eigenvalue weighted by molar-refractivity contribution is 5.93. The van der Waals surface area contributed by atoms with Gasteiger partial charge in [0, 0.05) is 62.1 Å². The molecule has 198 valence electrons. The standard InChI is InChI=1S/C29H36N8O/c1-20-17-23(7-9-26(20)35-30)32-29-25-19-24(38-16-15-37-13-11-36(3)12-14-37)8-10-27(25)33-28(34-29)21-5-4-6-22(18-21)31-2/h4-10,17-19,31,35H,11-16,30H2,1-3H3,(H,32,33,34). The van der Waals surface area contributed by atoms with Crippen LogP contribution in [0.15, 0.2) is 60.7 Å². The number of likely N-dealkylation sites (N-methyl/N-ethyl adjacent to an activating group) is 1. The molecule has 0 radical (unpaired) electrons. The molecule has 0 unspecified atom stereocenters. The van der Waals surface area contributed by atoms with Gasteiger partial charge in [-0.2, -0.15) is 0 Å². The number of hydrogen-bond acceptors (Lipinski definition) is 9. The molecule has 0 aliphatic carbocycles. The van der Waals surface area contributed by atoms with Gasteiger partial charge in [0.25, 0.3) is 0 Å². The number of aryl methyl sites for hydroxylation is 1. The summed E-state index contributed by atoms with van der Waals surface area (Å²) in [7, 11) is 4.07. The Morgan fingerprint density at radius 2 is 1.79 bits per heavy atom. The van der Waals surface area contributed by atoms with Crippen molar-refractivity contribution in [2.24, 2.45) is 5.84 Å². The molecule has 9 nitrogen and oxygen atoms in total. The fraction of sp³-hybridized carbons (Fsp3) is 0.310. The van der Waals surface area contributed by atoms with Gasteiger partial charge in [0.05, 0.1) is 11.2 Å². The molecule has 1 aromatic heterocycles. The number of nitrogen functional groups attached to an aromatic ring is 1. The Labute approximate surface area is 224 Å². The Bertz CT molecular complexity index is 1400. The van der Waals surface area contributed by atoms with Gasteiger partial charge in [-0.05, 0) is 68.1 Å². The highest BCUT2D eigenvalue weighted by atomic mass is 16.5. The van der Waals surface area contributed by atoms with Crippen molar-refractivity contribution in [3.8, 4) is 17.1 Å². The summed E-state index contributed by atoms with van der Waals surface area (Å²) in [6, 6.07) is 20.1. The molecule has 1 aliphatic heterocycles. The van der Waals surface area contributed by atoms with Crippen molar-refractivity contribution in [1.29, 1.82) is 0 Å². The van der Waals surface area contributed by atoms with Crippen molar-refractivity contribution in [2.75, 3.05) is 69.5 Å². The molecule has 5 N–H and O–H groups in total. The lowest BCUT2D eigenvalue weighted by Crippen LogP contribution is -2.45. The predicted molar refractivity (Wildman–Crippen MR) is 156 cm³/mol. The fourth-order valence-electron chi connectivity index (χ4n) is 4.64. The second kappa shape index (κ2) is 11.6. The molecule has 5 rings (SSSR count). The molecule has 9 heteroatoms. The Morgan fingerprint density at radius 3 is 2.55 bits per heavy atom. The maximum atomic E-state index is 6.17. The summed E-state index contributed by atoms with van der Waals surface area (Å²) in [6.07, 6.45) is 0. The third kappa shape index (κ3) is 5.96. The molecule has 1 aliphatic rings. The van der Waals surface area contributed by atoms with Crippen molar-refractivity contribution < 1.29 is 4.74 Å². The molecule has 3 aromatic carbocycles. The van der Waals surface area contributed by atoms with E-state index in [1.165, 1.54) is 0 Å². The van der Waals surface area contributed by atoms with Gasteiger partial charge in [0.15, 0.2) is 5.82 Å². The second-order valence-electron chi connectivity index (χ2n) is 9.70. The van der Waals surface area contributed by atoms with E-state index in [-0.39, 0.29) is 0 Å². The van der Waals surface area contributed by atoms with E-state index in [0.717, 1.165) is 83.4 Å². The number of hydrogen-bond donors (Lipinski definition) is 4. The van der Waals surface area contributed by atoms with E-state index >= 15 is 0 Å². The first-order valence-electron chi connectivity index (χ1n) is 13.0. The largest absolute Gasteiger partial charge is 0.492 e. The van der Waals surface area contributed by atoms with Crippen LogP contribution in [0.5, 0.6) is 5.75 Å². The number of hydrazine groups is 1. The first-order valence-corrected chi connectivity index (χ1v) is 13.0. The molecule has 1 saturated heterocycles. The van der Waals surface area contributed by atoms with Crippen molar-refractivity contribution in [1.82, 2.24) is 19.8 Å². The summed E-state index contributed by atoms with van der Waals surface area (Å²) < 4.78 is 6.17. The summed E-state index contributed by atoms with van der Waals surface area (Å²) in [4.78, 5) is 14.7. The van der Waals surface area contributed by atoms with Gasteiger partial charge in [-0.15, -0.1) is 0 Å². The smallest absolute Gasteiger partial charge is 0.162 e. The molecule has 0 saturated carbocycles. The minimum Gasteiger partial charge on any atom is -0.492 e. The van der Waals surface area contributed by atoms with Crippen LogP contribution in [0.4, 0.5) is 22.9 Å². The Hall–Kier alpha value is -3.92. The van der Waals surface area contributed by atoms with Crippen molar-refractivity contribution >= 4 is 33.8 Å². The van der Waals surface area contributed by atoms with Gasteiger partial charge in [0.1, 0.15) is 18.2 Å². The van der Waals surface area contributed by atoms with Crippen LogP contribution in [-0.2, 0) is 0 Å². The molecule has 0 atom stereocenters. The summed E-state index contributed by atoms with van der Waals surface area (Å²) in [5.41, 5.74) is 8.34. The van der Waals surface area contributed by atoms with E-state index < -0.39 is 0 Å². The number of benzene rings is 3. The molecule has 38 heavy (non-hydrogen) atoms. The number of aromatic nitrogens is 2. The topological polar surface area (TPSA) is 104 Å². The highest BCUT2D eigenvalue weighted by Crippen LogP contribution is 2.31. The van der Waals surface area contributed by atoms with Crippen molar-refractivity contribution in [3.05, 3.63) is 66.2 Å². The summed E-state index contributed by atoms with van der Waals surface area (Å²) >= 11 is 0. The lowest BCUT2D eigenvalue weighted by molar-refractivity contribution is 0.134. The van der Waals surface area contributed by atoms with Gasteiger partial charge in [-0.25, -0.2) is 9.97 Å². The van der Waals surface area contributed by atoms with Crippen LogP contribution in [0.25, 0.3) is 22.3 Å². The minimum atomic E-state index is 0.639. The number of nitrogens with one attached hydrogen (secondary N) is 3. The number of piperazine rings is 1. The quantitative estimate of drug-likeness (QED) is 0.193. The van der Waals surface area contributed by atoms with Crippen LogP contribution in [0.2, 0.25) is 0 Å². The third-order valence-electron chi connectivity index (χ3n) is 6.99. The minimum absolute atomic E-state index is 0.639. The average Bonchev–Trinajstić information content (AvgIpc) is 2.94. The monoisotopic (exact) mass is 512 g/mol. The molecule has 1 fully saturated rings. The summed E-state index contributed by atoms with van der Waals surface area (Å²) in [6.45, 7) is 7.92. The zero-order valence-electron chi connectivity index (χ0n) is 22.3. The van der Waals surface area contributed by atoms with Crippen LogP contribution < -0.4 is 26.6 Å². The fourth-order valence-corrected chi connectivity index (χ4v) is 4.64. The van der Waals surface area contributed by atoms with Gasteiger partial charge in [-0.1, -0.05) is 12.1 Å². The van der Waals surface area contributed by atoms with E-state index in [4.69, 9.17) is 20.5 Å². The molecule has 0 amide bonds. The number of anilines is 4.